The zero-order valence-corrected chi connectivity index (χ0v) is 10.0. The van der Waals surface area contributed by atoms with Crippen molar-refractivity contribution < 1.29 is 0 Å². The first-order valence-corrected chi connectivity index (χ1v) is 5.42. The number of hydrogen-bond acceptors (Lipinski definition) is 3. The van der Waals surface area contributed by atoms with Gasteiger partial charge in [-0.3, -0.25) is 4.98 Å². The molecule has 0 saturated heterocycles. The molecule has 0 unspecified atom stereocenters. The Morgan fingerprint density at radius 1 is 1.06 bits per heavy atom. The van der Waals surface area contributed by atoms with E-state index < -0.39 is 0 Å². The van der Waals surface area contributed by atoms with Crippen molar-refractivity contribution in [2.45, 2.75) is 0 Å². The molecule has 0 aliphatic carbocycles. The minimum absolute atomic E-state index is 0.506. The summed E-state index contributed by atoms with van der Waals surface area (Å²) in [5, 5.41) is 4.01. The van der Waals surface area contributed by atoms with E-state index in [2.05, 4.69) is 15.3 Å². The third-order valence-corrected chi connectivity index (χ3v) is 2.87. The Labute approximate surface area is 103 Å². The molecule has 3 nitrogen and oxygen atoms in total. The van der Waals surface area contributed by atoms with Crippen molar-refractivity contribution in [2.75, 3.05) is 12.4 Å². The quantitative estimate of drug-likeness (QED) is 0.891. The SMILES string of the molecule is CNc1nccnc1-c1ccc(Cl)c(Cl)c1. The highest BCUT2D eigenvalue weighted by Gasteiger charge is 2.08. The van der Waals surface area contributed by atoms with Gasteiger partial charge in [0.2, 0.25) is 0 Å². The van der Waals surface area contributed by atoms with Gasteiger partial charge in [0.25, 0.3) is 0 Å². The Balaban J connectivity index is 2.54. The van der Waals surface area contributed by atoms with Crippen LogP contribution in [-0.2, 0) is 0 Å². The second-order valence-electron chi connectivity index (χ2n) is 3.13. The van der Waals surface area contributed by atoms with Crippen molar-refractivity contribution in [3.63, 3.8) is 0 Å². The Kier molecular flexibility index (Phi) is 3.27. The standard InChI is InChI=1S/C11H9Cl2N3/c1-14-11-10(15-4-5-16-11)7-2-3-8(12)9(13)6-7/h2-6H,1H3,(H,14,16). The topological polar surface area (TPSA) is 37.8 Å². The first-order valence-electron chi connectivity index (χ1n) is 4.66. The summed E-state index contributed by atoms with van der Waals surface area (Å²) in [5.41, 5.74) is 1.63. The molecule has 1 aromatic heterocycles. The van der Waals surface area contributed by atoms with Crippen molar-refractivity contribution in [3.8, 4) is 11.3 Å². The monoisotopic (exact) mass is 253 g/mol. The van der Waals surface area contributed by atoms with E-state index in [1.54, 1.807) is 31.6 Å². The van der Waals surface area contributed by atoms with Gasteiger partial charge in [0, 0.05) is 25.0 Å². The maximum atomic E-state index is 5.96. The number of rotatable bonds is 2. The van der Waals surface area contributed by atoms with E-state index in [0.29, 0.717) is 15.9 Å². The number of halogens is 2. The fourth-order valence-electron chi connectivity index (χ4n) is 1.38. The smallest absolute Gasteiger partial charge is 0.152 e. The normalized spacial score (nSPS) is 10.2. The second kappa shape index (κ2) is 4.68. The number of nitrogens with one attached hydrogen (secondary N) is 1. The number of hydrogen-bond donors (Lipinski definition) is 1. The van der Waals surface area contributed by atoms with Crippen LogP contribution < -0.4 is 5.32 Å². The third-order valence-electron chi connectivity index (χ3n) is 2.13. The number of nitrogens with zero attached hydrogens (tertiary/aromatic N) is 2. The summed E-state index contributed by atoms with van der Waals surface area (Å²) in [7, 11) is 1.80. The highest BCUT2D eigenvalue weighted by atomic mass is 35.5. The third kappa shape index (κ3) is 2.10. The molecular weight excluding hydrogens is 245 g/mol. The maximum absolute atomic E-state index is 5.96. The van der Waals surface area contributed by atoms with E-state index in [1.165, 1.54) is 0 Å². The molecule has 2 aromatic rings. The van der Waals surface area contributed by atoms with Gasteiger partial charge in [0.05, 0.1) is 10.0 Å². The van der Waals surface area contributed by atoms with Crippen molar-refractivity contribution in [2.24, 2.45) is 0 Å². The van der Waals surface area contributed by atoms with Crippen LogP contribution >= 0.6 is 23.2 Å². The first kappa shape index (κ1) is 11.2. The van der Waals surface area contributed by atoms with Crippen LogP contribution in [0.25, 0.3) is 11.3 Å². The molecule has 0 bridgehead atoms. The van der Waals surface area contributed by atoms with Gasteiger partial charge in [-0.05, 0) is 12.1 Å². The van der Waals surface area contributed by atoms with E-state index in [1.807, 2.05) is 6.07 Å². The Morgan fingerprint density at radius 2 is 1.81 bits per heavy atom. The number of aromatic nitrogens is 2. The summed E-state index contributed by atoms with van der Waals surface area (Å²) in [4.78, 5) is 8.44. The fraction of sp³-hybridized carbons (Fsp3) is 0.0909. The Bertz CT molecular complexity index is 514. The molecule has 0 saturated carbocycles. The lowest BCUT2D eigenvalue weighted by atomic mass is 10.1. The van der Waals surface area contributed by atoms with Crippen LogP contribution in [0, 0.1) is 0 Å². The van der Waals surface area contributed by atoms with Gasteiger partial charge in [-0.25, -0.2) is 4.98 Å². The summed E-state index contributed by atoms with van der Waals surface area (Å²) in [6.45, 7) is 0. The van der Waals surface area contributed by atoms with Crippen LogP contribution in [0.5, 0.6) is 0 Å². The van der Waals surface area contributed by atoms with Gasteiger partial charge >= 0.3 is 0 Å². The molecular formula is C11H9Cl2N3. The largest absolute Gasteiger partial charge is 0.371 e. The molecule has 0 radical (unpaired) electrons. The maximum Gasteiger partial charge on any atom is 0.152 e. The molecule has 2 rings (SSSR count). The molecule has 16 heavy (non-hydrogen) atoms. The molecule has 0 aliphatic heterocycles. The van der Waals surface area contributed by atoms with E-state index >= 15 is 0 Å². The van der Waals surface area contributed by atoms with Crippen LogP contribution in [0.1, 0.15) is 0 Å². The van der Waals surface area contributed by atoms with E-state index in [0.717, 1.165) is 11.3 Å². The molecule has 1 aromatic carbocycles. The zero-order valence-electron chi connectivity index (χ0n) is 8.54. The van der Waals surface area contributed by atoms with Gasteiger partial charge in [-0.15, -0.1) is 0 Å². The molecule has 1 heterocycles. The lowest BCUT2D eigenvalue weighted by Crippen LogP contribution is -1.97. The van der Waals surface area contributed by atoms with Gasteiger partial charge < -0.3 is 5.32 Å². The molecule has 0 atom stereocenters. The van der Waals surface area contributed by atoms with Gasteiger partial charge in [0.15, 0.2) is 5.82 Å². The van der Waals surface area contributed by atoms with Crippen molar-refractivity contribution in [3.05, 3.63) is 40.6 Å². The highest BCUT2D eigenvalue weighted by molar-refractivity contribution is 6.42. The van der Waals surface area contributed by atoms with Crippen LogP contribution in [0.2, 0.25) is 10.0 Å². The minimum atomic E-state index is 0.506. The predicted octanol–water partition coefficient (Wildman–Crippen LogP) is 3.49. The lowest BCUT2D eigenvalue weighted by Gasteiger charge is -2.07. The number of benzene rings is 1. The van der Waals surface area contributed by atoms with Gasteiger partial charge in [-0.2, -0.15) is 0 Å². The van der Waals surface area contributed by atoms with Crippen LogP contribution in [0.3, 0.4) is 0 Å². The zero-order chi connectivity index (χ0) is 11.5. The van der Waals surface area contributed by atoms with E-state index in [-0.39, 0.29) is 0 Å². The van der Waals surface area contributed by atoms with E-state index in [4.69, 9.17) is 23.2 Å². The molecule has 0 spiro atoms. The van der Waals surface area contributed by atoms with Crippen LogP contribution in [0.15, 0.2) is 30.6 Å². The Hall–Kier alpha value is -1.32. The molecule has 0 aliphatic rings. The fourth-order valence-corrected chi connectivity index (χ4v) is 1.67. The summed E-state index contributed by atoms with van der Waals surface area (Å²) in [6.07, 6.45) is 3.27. The van der Waals surface area contributed by atoms with Crippen molar-refractivity contribution in [1.82, 2.24) is 9.97 Å². The van der Waals surface area contributed by atoms with Crippen LogP contribution in [0.4, 0.5) is 5.82 Å². The van der Waals surface area contributed by atoms with Gasteiger partial charge in [-0.1, -0.05) is 29.3 Å². The molecule has 5 heteroatoms. The van der Waals surface area contributed by atoms with Crippen molar-refractivity contribution in [1.29, 1.82) is 0 Å². The number of anilines is 1. The van der Waals surface area contributed by atoms with Crippen LogP contribution in [-0.4, -0.2) is 17.0 Å². The minimum Gasteiger partial charge on any atom is -0.371 e. The summed E-state index contributed by atoms with van der Waals surface area (Å²) < 4.78 is 0. The predicted molar refractivity (Wildman–Crippen MR) is 67.0 cm³/mol. The van der Waals surface area contributed by atoms with E-state index in [9.17, 15) is 0 Å². The molecule has 0 fully saturated rings. The molecule has 1 N–H and O–H groups in total. The molecule has 82 valence electrons. The summed E-state index contributed by atoms with van der Waals surface area (Å²) >= 11 is 11.8. The van der Waals surface area contributed by atoms with Gasteiger partial charge in [0.1, 0.15) is 5.69 Å². The average Bonchev–Trinajstić information content (AvgIpc) is 2.32. The lowest BCUT2D eigenvalue weighted by molar-refractivity contribution is 1.19. The second-order valence-corrected chi connectivity index (χ2v) is 3.95. The summed E-state index contributed by atoms with van der Waals surface area (Å²) in [6, 6.07) is 5.38. The summed E-state index contributed by atoms with van der Waals surface area (Å²) in [5.74, 6) is 0.709. The Morgan fingerprint density at radius 3 is 2.50 bits per heavy atom. The first-order chi connectivity index (χ1) is 7.72. The average molecular weight is 254 g/mol. The molecule has 0 amide bonds. The highest BCUT2D eigenvalue weighted by Crippen LogP contribution is 2.29. The van der Waals surface area contributed by atoms with Crippen molar-refractivity contribution >= 4 is 29.0 Å².